The molecule has 0 aliphatic rings. The lowest BCUT2D eigenvalue weighted by Gasteiger charge is -2.10. The van der Waals surface area contributed by atoms with Crippen LogP contribution in [-0.4, -0.2) is 35.2 Å². The van der Waals surface area contributed by atoms with Crippen LogP contribution < -0.4 is 10.1 Å². The fourth-order valence-corrected chi connectivity index (χ4v) is 1.58. The summed E-state index contributed by atoms with van der Waals surface area (Å²) in [6.45, 7) is 4.84. The highest BCUT2D eigenvalue weighted by molar-refractivity contribution is 5.61. The summed E-state index contributed by atoms with van der Waals surface area (Å²) in [5, 5.41) is 14.2. The zero-order valence-electron chi connectivity index (χ0n) is 12.0. The predicted molar refractivity (Wildman–Crippen MR) is 74.0 cm³/mol. The summed E-state index contributed by atoms with van der Waals surface area (Å²) in [6, 6.07) is 0. The van der Waals surface area contributed by atoms with Crippen molar-refractivity contribution in [2.45, 2.75) is 33.3 Å². The van der Waals surface area contributed by atoms with E-state index in [1.807, 2.05) is 6.92 Å². The van der Waals surface area contributed by atoms with Crippen molar-refractivity contribution < 1.29 is 14.4 Å². The monoisotopic (exact) mass is 284 g/mol. The first-order valence-corrected chi connectivity index (χ1v) is 6.54. The zero-order chi connectivity index (χ0) is 15.0. The van der Waals surface area contributed by atoms with Crippen LogP contribution in [0.4, 0.5) is 11.5 Å². The average molecular weight is 284 g/mol. The van der Waals surface area contributed by atoms with Crippen molar-refractivity contribution in [1.82, 2.24) is 9.97 Å². The molecule has 0 saturated heterocycles. The summed E-state index contributed by atoms with van der Waals surface area (Å²) in [5.41, 5.74) is -0.234. The Hall–Kier alpha value is -1.96. The summed E-state index contributed by atoms with van der Waals surface area (Å²) in [6.07, 6.45) is 1.87. The Kier molecular flexibility index (Phi) is 6.65. The van der Waals surface area contributed by atoms with E-state index in [9.17, 15) is 10.1 Å². The van der Waals surface area contributed by atoms with Crippen molar-refractivity contribution >= 4 is 11.5 Å². The highest BCUT2D eigenvalue weighted by Crippen LogP contribution is 2.32. The summed E-state index contributed by atoms with van der Waals surface area (Å²) in [4.78, 5) is 18.8. The molecule has 0 spiro atoms. The Morgan fingerprint density at radius 3 is 2.65 bits per heavy atom. The van der Waals surface area contributed by atoms with Gasteiger partial charge >= 0.3 is 5.69 Å². The van der Waals surface area contributed by atoms with E-state index >= 15 is 0 Å². The number of anilines is 1. The lowest BCUT2D eigenvalue weighted by molar-refractivity contribution is -0.385. The molecule has 1 N–H and O–H groups in total. The van der Waals surface area contributed by atoms with Crippen LogP contribution in [0.25, 0.3) is 0 Å². The van der Waals surface area contributed by atoms with E-state index in [4.69, 9.17) is 9.47 Å². The molecule has 1 heterocycles. The summed E-state index contributed by atoms with van der Waals surface area (Å²) < 4.78 is 10.2. The third-order valence-corrected chi connectivity index (χ3v) is 2.46. The second kappa shape index (κ2) is 8.26. The van der Waals surface area contributed by atoms with Crippen LogP contribution in [0.2, 0.25) is 0 Å². The highest BCUT2D eigenvalue weighted by Gasteiger charge is 2.26. The van der Waals surface area contributed by atoms with Gasteiger partial charge in [-0.15, -0.1) is 0 Å². The van der Waals surface area contributed by atoms with E-state index in [1.165, 1.54) is 7.11 Å². The van der Waals surface area contributed by atoms with Crippen LogP contribution in [0.15, 0.2) is 0 Å². The maximum absolute atomic E-state index is 11.2. The number of ether oxygens (including phenoxy) is 2. The molecule has 0 saturated carbocycles. The standard InChI is InChI=1S/C12H20N4O4/c1-4-6-7-13-11-10(16(17)18)12(20-5-2)15-9(14-11)8-19-3/h4-8H2,1-3H3,(H,13,14,15). The maximum atomic E-state index is 11.2. The van der Waals surface area contributed by atoms with Crippen LogP contribution in [0.1, 0.15) is 32.5 Å². The van der Waals surface area contributed by atoms with E-state index < -0.39 is 4.92 Å². The number of unbranched alkanes of at least 4 members (excludes halogenated alkanes) is 1. The van der Waals surface area contributed by atoms with Gasteiger partial charge in [-0.2, -0.15) is 4.98 Å². The molecule has 20 heavy (non-hydrogen) atoms. The number of methoxy groups -OCH3 is 1. The summed E-state index contributed by atoms with van der Waals surface area (Å²) in [5.74, 6) is 0.494. The zero-order valence-corrected chi connectivity index (χ0v) is 12.0. The van der Waals surface area contributed by atoms with Crippen LogP contribution in [0.5, 0.6) is 5.88 Å². The third kappa shape index (κ3) is 4.30. The van der Waals surface area contributed by atoms with Crippen molar-refractivity contribution in [3.8, 4) is 5.88 Å². The van der Waals surface area contributed by atoms with Crippen molar-refractivity contribution in [3.05, 3.63) is 15.9 Å². The molecule has 0 aliphatic heterocycles. The van der Waals surface area contributed by atoms with Crippen LogP contribution in [0.3, 0.4) is 0 Å². The molecule has 1 rings (SSSR count). The molecule has 0 radical (unpaired) electrons. The number of nitrogens with one attached hydrogen (secondary N) is 1. The molecular weight excluding hydrogens is 264 g/mol. The Balaban J connectivity index is 3.15. The molecule has 1 aromatic heterocycles. The van der Waals surface area contributed by atoms with E-state index in [2.05, 4.69) is 15.3 Å². The third-order valence-electron chi connectivity index (χ3n) is 2.46. The van der Waals surface area contributed by atoms with Gasteiger partial charge in [0.1, 0.15) is 6.61 Å². The Bertz CT molecular complexity index is 453. The lowest BCUT2D eigenvalue weighted by Crippen LogP contribution is -2.12. The first kappa shape index (κ1) is 16.1. The Morgan fingerprint density at radius 1 is 1.35 bits per heavy atom. The largest absolute Gasteiger partial charge is 0.473 e. The predicted octanol–water partition coefficient (Wildman–Crippen LogP) is 2.14. The SMILES string of the molecule is CCCCNc1nc(COC)nc(OCC)c1[N+](=O)[O-]. The van der Waals surface area contributed by atoms with Gasteiger partial charge in [-0.05, 0) is 13.3 Å². The molecule has 1 aromatic rings. The van der Waals surface area contributed by atoms with Crippen molar-refractivity contribution in [1.29, 1.82) is 0 Å². The van der Waals surface area contributed by atoms with Crippen molar-refractivity contribution in [3.63, 3.8) is 0 Å². The Morgan fingerprint density at radius 2 is 2.10 bits per heavy atom. The van der Waals surface area contributed by atoms with Gasteiger partial charge in [0.2, 0.25) is 5.82 Å². The summed E-state index contributed by atoms with van der Waals surface area (Å²) in [7, 11) is 1.51. The molecule has 0 bridgehead atoms. The normalized spacial score (nSPS) is 10.3. The molecule has 0 aromatic carbocycles. The molecular formula is C12H20N4O4. The van der Waals surface area contributed by atoms with Crippen LogP contribution in [-0.2, 0) is 11.3 Å². The molecule has 0 fully saturated rings. The molecule has 112 valence electrons. The minimum atomic E-state index is -0.532. The molecule has 8 heteroatoms. The van der Waals surface area contributed by atoms with E-state index in [1.54, 1.807) is 6.92 Å². The number of nitro groups is 1. The Labute approximate surface area is 117 Å². The first-order chi connectivity index (χ1) is 9.63. The van der Waals surface area contributed by atoms with Gasteiger partial charge in [0, 0.05) is 13.7 Å². The fraction of sp³-hybridized carbons (Fsp3) is 0.667. The van der Waals surface area contributed by atoms with Crippen LogP contribution in [0, 0.1) is 10.1 Å². The van der Waals surface area contributed by atoms with E-state index in [0.717, 1.165) is 12.8 Å². The van der Waals surface area contributed by atoms with Gasteiger partial charge in [0.15, 0.2) is 5.82 Å². The number of nitrogens with zero attached hydrogens (tertiary/aromatic N) is 3. The minimum Gasteiger partial charge on any atom is -0.473 e. The smallest absolute Gasteiger partial charge is 0.372 e. The molecule has 0 amide bonds. The van der Waals surface area contributed by atoms with Gasteiger partial charge in [0.05, 0.1) is 11.5 Å². The number of hydrogen-bond acceptors (Lipinski definition) is 7. The molecule has 0 unspecified atom stereocenters. The van der Waals surface area contributed by atoms with Gasteiger partial charge < -0.3 is 14.8 Å². The number of aromatic nitrogens is 2. The van der Waals surface area contributed by atoms with Crippen LogP contribution >= 0.6 is 0 Å². The molecule has 0 aliphatic carbocycles. The number of hydrogen-bond donors (Lipinski definition) is 1. The minimum absolute atomic E-state index is 0.0291. The van der Waals surface area contributed by atoms with Gasteiger partial charge in [-0.3, -0.25) is 10.1 Å². The maximum Gasteiger partial charge on any atom is 0.372 e. The second-order valence-corrected chi connectivity index (χ2v) is 4.05. The lowest BCUT2D eigenvalue weighted by atomic mass is 10.3. The van der Waals surface area contributed by atoms with Crippen molar-refractivity contribution in [2.75, 3.05) is 25.6 Å². The van der Waals surface area contributed by atoms with E-state index in [-0.39, 0.29) is 24.0 Å². The second-order valence-electron chi connectivity index (χ2n) is 4.05. The first-order valence-electron chi connectivity index (χ1n) is 6.54. The highest BCUT2D eigenvalue weighted by atomic mass is 16.6. The average Bonchev–Trinajstić information content (AvgIpc) is 2.39. The van der Waals surface area contributed by atoms with Crippen molar-refractivity contribution in [2.24, 2.45) is 0 Å². The van der Waals surface area contributed by atoms with Gasteiger partial charge in [-0.25, -0.2) is 4.98 Å². The number of rotatable bonds is 9. The fourth-order valence-electron chi connectivity index (χ4n) is 1.58. The van der Waals surface area contributed by atoms with E-state index in [0.29, 0.717) is 19.0 Å². The quantitative estimate of drug-likeness (QED) is 0.421. The summed E-state index contributed by atoms with van der Waals surface area (Å²) >= 11 is 0. The molecule has 0 atom stereocenters. The van der Waals surface area contributed by atoms with Gasteiger partial charge in [0.25, 0.3) is 5.88 Å². The molecule has 8 nitrogen and oxygen atoms in total. The topological polar surface area (TPSA) is 99.4 Å². The van der Waals surface area contributed by atoms with Gasteiger partial charge in [-0.1, -0.05) is 13.3 Å².